The molecule has 2 rings (SSSR count). The summed E-state index contributed by atoms with van der Waals surface area (Å²) < 4.78 is 0. The Kier molecular flexibility index (Phi) is 4.54. The first-order valence-corrected chi connectivity index (χ1v) is 7.25. The van der Waals surface area contributed by atoms with Crippen LogP contribution in [-0.2, 0) is 4.79 Å². The predicted octanol–water partition coefficient (Wildman–Crippen LogP) is 1.98. The molecule has 21 heavy (non-hydrogen) atoms. The van der Waals surface area contributed by atoms with Crippen LogP contribution in [0, 0.1) is 5.41 Å². The van der Waals surface area contributed by atoms with Crippen LogP contribution in [0.15, 0.2) is 18.2 Å². The van der Waals surface area contributed by atoms with E-state index < -0.39 is 5.41 Å². The highest BCUT2D eigenvalue weighted by Crippen LogP contribution is 2.29. The van der Waals surface area contributed by atoms with Gasteiger partial charge in [0, 0.05) is 25.7 Å². The quantitative estimate of drug-likeness (QED) is 0.897. The van der Waals surface area contributed by atoms with Gasteiger partial charge in [-0.1, -0.05) is 11.6 Å². The Balaban J connectivity index is 2.28. The van der Waals surface area contributed by atoms with Gasteiger partial charge in [0.05, 0.1) is 16.7 Å². The third kappa shape index (κ3) is 3.36. The van der Waals surface area contributed by atoms with Gasteiger partial charge in [-0.2, -0.15) is 0 Å². The number of rotatable bonds is 3. The number of carbonyl (C=O) groups is 2. The van der Waals surface area contributed by atoms with Crippen molar-refractivity contribution in [2.24, 2.45) is 5.41 Å². The van der Waals surface area contributed by atoms with Crippen LogP contribution in [0.4, 0.5) is 5.69 Å². The van der Waals surface area contributed by atoms with Crippen molar-refractivity contribution in [3.8, 4) is 0 Å². The van der Waals surface area contributed by atoms with Crippen LogP contribution < -0.4 is 10.6 Å². The topological polar surface area (TPSA) is 61.4 Å². The Hall–Kier alpha value is -1.59. The van der Waals surface area contributed by atoms with E-state index in [0.717, 1.165) is 13.0 Å². The first kappa shape index (κ1) is 15.8. The van der Waals surface area contributed by atoms with Crippen molar-refractivity contribution in [1.82, 2.24) is 10.2 Å². The van der Waals surface area contributed by atoms with Crippen LogP contribution in [0.25, 0.3) is 0 Å². The van der Waals surface area contributed by atoms with Gasteiger partial charge in [-0.15, -0.1) is 0 Å². The standard InChI is InChI=1S/C15H20ClN3O2/c1-15(6-7-17-9-15)14(21)18-12-8-10(16)4-5-11(12)13(20)19(2)3/h4-5,8,17H,6-7,9H2,1-3H3,(H,18,21). The average Bonchev–Trinajstić information content (AvgIpc) is 2.86. The molecule has 6 heteroatoms. The van der Waals surface area contributed by atoms with Gasteiger partial charge in [0.15, 0.2) is 0 Å². The molecular weight excluding hydrogens is 290 g/mol. The maximum Gasteiger partial charge on any atom is 0.255 e. The summed E-state index contributed by atoms with van der Waals surface area (Å²) in [6, 6.07) is 4.89. The second-order valence-electron chi connectivity index (χ2n) is 5.83. The van der Waals surface area contributed by atoms with Crippen LogP contribution in [0.3, 0.4) is 0 Å². The molecule has 1 atom stereocenters. The molecule has 0 bridgehead atoms. The van der Waals surface area contributed by atoms with Gasteiger partial charge in [-0.3, -0.25) is 9.59 Å². The van der Waals surface area contributed by atoms with Gasteiger partial charge >= 0.3 is 0 Å². The molecule has 1 unspecified atom stereocenters. The van der Waals surface area contributed by atoms with E-state index >= 15 is 0 Å². The highest BCUT2D eigenvalue weighted by molar-refractivity contribution is 6.31. The molecule has 114 valence electrons. The fourth-order valence-electron chi connectivity index (χ4n) is 2.33. The van der Waals surface area contributed by atoms with Crippen molar-refractivity contribution in [2.75, 3.05) is 32.5 Å². The van der Waals surface area contributed by atoms with Gasteiger partial charge in [0.1, 0.15) is 0 Å². The van der Waals surface area contributed by atoms with Crippen LogP contribution >= 0.6 is 11.6 Å². The number of nitrogens with zero attached hydrogens (tertiary/aromatic N) is 1. The summed E-state index contributed by atoms with van der Waals surface area (Å²) in [6.45, 7) is 3.37. The zero-order valence-corrected chi connectivity index (χ0v) is 13.3. The fraction of sp³-hybridized carbons (Fsp3) is 0.467. The Morgan fingerprint density at radius 1 is 1.38 bits per heavy atom. The zero-order valence-electron chi connectivity index (χ0n) is 12.5. The van der Waals surface area contributed by atoms with Gasteiger partial charge in [-0.05, 0) is 38.1 Å². The second kappa shape index (κ2) is 6.03. The molecule has 1 saturated heterocycles. The van der Waals surface area contributed by atoms with Gasteiger partial charge < -0.3 is 15.5 Å². The summed E-state index contributed by atoms with van der Waals surface area (Å²) >= 11 is 5.99. The lowest BCUT2D eigenvalue weighted by Crippen LogP contribution is -2.36. The normalized spacial score (nSPS) is 21.1. The van der Waals surface area contributed by atoms with Crippen molar-refractivity contribution >= 4 is 29.1 Å². The number of halogens is 1. The van der Waals surface area contributed by atoms with Crippen LogP contribution in [-0.4, -0.2) is 43.9 Å². The lowest BCUT2D eigenvalue weighted by Gasteiger charge is -2.23. The minimum atomic E-state index is -0.458. The average molecular weight is 310 g/mol. The minimum absolute atomic E-state index is 0.0948. The van der Waals surface area contributed by atoms with Crippen LogP contribution in [0.1, 0.15) is 23.7 Å². The van der Waals surface area contributed by atoms with Crippen LogP contribution in [0.2, 0.25) is 5.02 Å². The van der Waals surface area contributed by atoms with E-state index in [2.05, 4.69) is 10.6 Å². The molecular formula is C15H20ClN3O2. The molecule has 1 aliphatic rings. The van der Waals surface area contributed by atoms with E-state index in [-0.39, 0.29) is 11.8 Å². The number of anilines is 1. The first-order valence-electron chi connectivity index (χ1n) is 6.87. The largest absolute Gasteiger partial charge is 0.345 e. The lowest BCUT2D eigenvalue weighted by molar-refractivity contribution is -0.123. The van der Waals surface area contributed by atoms with Gasteiger partial charge in [0.2, 0.25) is 5.91 Å². The molecule has 1 aliphatic heterocycles. The van der Waals surface area contributed by atoms with E-state index in [9.17, 15) is 9.59 Å². The molecule has 0 aromatic heterocycles. The molecule has 1 aromatic rings. The molecule has 5 nitrogen and oxygen atoms in total. The molecule has 0 aliphatic carbocycles. The van der Waals surface area contributed by atoms with Crippen LogP contribution in [0.5, 0.6) is 0 Å². The molecule has 2 N–H and O–H groups in total. The molecule has 0 saturated carbocycles. The molecule has 1 fully saturated rings. The summed E-state index contributed by atoms with van der Waals surface area (Å²) in [6.07, 6.45) is 0.774. The molecule has 0 radical (unpaired) electrons. The number of hydrogen-bond acceptors (Lipinski definition) is 3. The number of hydrogen-bond donors (Lipinski definition) is 2. The van der Waals surface area contributed by atoms with Crippen molar-refractivity contribution in [3.63, 3.8) is 0 Å². The molecule has 1 heterocycles. The smallest absolute Gasteiger partial charge is 0.255 e. The highest BCUT2D eigenvalue weighted by Gasteiger charge is 2.36. The predicted molar refractivity (Wildman–Crippen MR) is 83.7 cm³/mol. The number of benzene rings is 1. The second-order valence-corrected chi connectivity index (χ2v) is 6.27. The van der Waals surface area contributed by atoms with Gasteiger partial charge in [-0.25, -0.2) is 0 Å². The van der Waals surface area contributed by atoms with Crippen molar-refractivity contribution < 1.29 is 9.59 Å². The van der Waals surface area contributed by atoms with E-state index in [0.29, 0.717) is 22.8 Å². The maximum atomic E-state index is 12.5. The van der Waals surface area contributed by atoms with Crippen molar-refractivity contribution in [1.29, 1.82) is 0 Å². The zero-order chi connectivity index (χ0) is 15.6. The number of carbonyl (C=O) groups excluding carboxylic acids is 2. The third-order valence-electron chi connectivity index (χ3n) is 3.78. The Morgan fingerprint density at radius 2 is 2.10 bits per heavy atom. The highest BCUT2D eigenvalue weighted by atomic mass is 35.5. The van der Waals surface area contributed by atoms with E-state index in [1.54, 1.807) is 32.3 Å². The van der Waals surface area contributed by atoms with Gasteiger partial charge in [0.25, 0.3) is 5.91 Å². The summed E-state index contributed by atoms with van der Waals surface area (Å²) in [5, 5.41) is 6.52. The summed E-state index contributed by atoms with van der Waals surface area (Å²) in [5.41, 5.74) is 0.437. The first-order chi connectivity index (χ1) is 9.83. The van der Waals surface area contributed by atoms with Crippen molar-refractivity contribution in [2.45, 2.75) is 13.3 Å². The molecule has 0 spiro atoms. The summed E-state index contributed by atoms with van der Waals surface area (Å²) in [4.78, 5) is 26.1. The van der Waals surface area contributed by atoms with E-state index in [1.807, 2.05) is 6.92 Å². The molecule has 1 aromatic carbocycles. The lowest BCUT2D eigenvalue weighted by atomic mass is 9.88. The Bertz CT molecular complexity index is 566. The third-order valence-corrected chi connectivity index (χ3v) is 4.02. The monoisotopic (exact) mass is 309 g/mol. The summed E-state index contributed by atoms with van der Waals surface area (Å²) in [7, 11) is 3.34. The Morgan fingerprint density at radius 3 is 2.67 bits per heavy atom. The Labute approximate surface area is 129 Å². The van der Waals surface area contributed by atoms with E-state index in [1.165, 1.54) is 4.90 Å². The summed E-state index contributed by atoms with van der Waals surface area (Å²) in [5.74, 6) is -0.265. The maximum absolute atomic E-state index is 12.5. The molecule has 2 amide bonds. The number of amides is 2. The minimum Gasteiger partial charge on any atom is -0.345 e. The number of nitrogens with one attached hydrogen (secondary N) is 2. The fourth-order valence-corrected chi connectivity index (χ4v) is 2.50. The van der Waals surface area contributed by atoms with Crippen molar-refractivity contribution in [3.05, 3.63) is 28.8 Å². The van der Waals surface area contributed by atoms with E-state index in [4.69, 9.17) is 11.6 Å². The SMILES string of the molecule is CN(C)C(=O)c1ccc(Cl)cc1NC(=O)C1(C)CCNC1.